The number of carbonyl (C=O) groups excluding carboxylic acids is 3. The highest BCUT2D eigenvalue weighted by Crippen LogP contribution is 2.37. The molecule has 0 aliphatic carbocycles. The van der Waals surface area contributed by atoms with Gasteiger partial charge in [0.1, 0.15) is 12.6 Å². The van der Waals surface area contributed by atoms with Crippen molar-refractivity contribution in [2.24, 2.45) is 0 Å². The molecule has 0 saturated heterocycles. The van der Waals surface area contributed by atoms with Crippen LogP contribution in [0.5, 0.6) is 0 Å². The minimum absolute atomic E-state index is 0.142. The van der Waals surface area contributed by atoms with Crippen LogP contribution in [0, 0.1) is 0 Å². The van der Waals surface area contributed by atoms with Gasteiger partial charge < -0.3 is 10.2 Å². The molecule has 3 aromatic rings. The molecule has 0 radical (unpaired) electrons. The molecule has 0 aromatic heterocycles. The molecule has 1 aliphatic rings. The van der Waals surface area contributed by atoms with E-state index in [-0.39, 0.29) is 30.8 Å². The molecule has 0 unspecified atom stereocenters. The van der Waals surface area contributed by atoms with Gasteiger partial charge in [-0.1, -0.05) is 53.5 Å². The zero-order valence-corrected chi connectivity index (χ0v) is 19.1. The fraction of sp³-hybridized carbons (Fsp3) is 0.208. The lowest BCUT2D eigenvalue weighted by Gasteiger charge is -2.30. The van der Waals surface area contributed by atoms with Gasteiger partial charge >= 0.3 is 0 Å². The Kier molecular flexibility index (Phi) is 6.09. The lowest BCUT2D eigenvalue weighted by Crippen LogP contribution is -2.50. The molecule has 1 aliphatic heterocycles. The summed E-state index contributed by atoms with van der Waals surface area (Å²) in [6.07, 6.45) is 0. The van der Waals surface area contributed by atoms with Crippen molar-refractivity contribution in [3.05, 3.63) is 75.8 Å². The molecular weight excluding hydrogens is 449 g/mol. The fourth-order valence-corrected chi connectivity index (χ4v) is 4.31. The number of hydrogen-bond donors (Lipinski definition) is 1. The molecule has 4 rings (SSSR count). The van der Waals surface area contributed by atoms with Crippen molar-refractivity contribution in [3.63, 3.8) is 0 Å². The standard InChI is InChI=1S/C24H21Cl2N3O3/c1-14(23(31)27-2)28(12-15-9-10-18(25)19(26)11-15)21(30)13-29-20-8-4-6-16-5-3-7-17(22(16)20)24(29)32/h3-11,14H,12-13H2,1-2H3,(H,27,31)/t14-/m1/s1. The van der Waals surface area contributed by atoms with Crippen molar-refractivity contribution in [1.82, 2.24) is 10.2 Å². The van der Waals surface area contributed by atoms with Gasteiger partial charge in [0.05, 0.1) is 15.7 Å². The second-order valence-corrected chi connectivity index (χ2v) is 8.45. The van der Waals surface area contributed by atoms with Gasteiger partial charge in [-0.2, -0.15) is 0 Å². The largest absolute Gasteiger partial charge is 0.357 e. The van der Waals surface area contributed by atoms with Crippen LogP contribution in [0.15, 0.2) is 54.6 Å². The predicted molar refractivity (Wildman–Crippen MR) is 126 cm³/mol. The highest BCUT2D eigenvalue weighted by atomic mass is 35.5. The van der Waals surface area contributed by atoms with Gasteiger partial charge in [0, 0.05) is 24.5 Å². The van der Waals surface area contributed by atoms with Crippen LogP contribution in [-0.2, 0) is 16.1 Å². The Balaban J connectivity index is 1.64. The second kappa shape index (κ2) is 8.81. The predicted octanol–water partition coefficient (Wildman–Crippen LogP) is 4.27. The summed E-state index contributed by atoms with van der Waals surface area (Å²) in [7, 11) is 1.52. The van der Waals surface area contributed by atoms with Crippen LogP contribution in [-0.4, -0.2) is 42.3 Å². The number of halogens is 2. The van der Waals surface area contributed by atoms with Crippen LogP contribution in [0.4, 0.5) is 5.69 Å². The van der Waals surface area contributed by atoms with Crippen molar-refractivity contribution < 1.29 is 14.4 Å². The highest BCUT2D eigenvalue weighted by Gasteiger charge is 2.34. The summed E-state index contributed by atoms with van der Waals surface area (Å²) >= 11 is 12.1. The summed E-state index contributed by atoms with van der Waals surface area (Å²) in [6, 6.07) is 15.5. The first-order valence-electron chi connectivity index (χ1n) is 10.1. The molecule has 32 heavy (non-hydrogen) atoms. The Bertz CT molecular complexity index is 1240. The maximum absolute atomic E-state index is 13.4. The zero-order chi connectivity index (χ0) is 23.0. The van der Waals surface area contributed by atoms with Crippen LogP contribution in [0.25, 0.3) is 10.8 Å². The summed E-state index contributed by atoms with van der Waals surface area (Å²) in [5, 5.41) is 5.12. The number of likely N-dealkylation sites (N-methyl/N-ethyl adjacent to an activating group) is 1. The number of benzene rings is 3. The number of anilines is 1. The van der Waals surface area contributed by atoms with Gasteiger partial charge in [-0.3, -0.25) is 19.3 Å². The molecule has 0 saturated carbocycles. The summed E-state index contributed by atoms with van der Waals surface area (Å²) in [4.78, 5) is 41.8. The zero-order valence-electron chi connectivity index (χ0n) is 17.6. The molecule has 0 fully saturated rings. The summed E-state index contributed by atoms with van der Waals surface area (Å²) < 4.78 is 0. The maximum atomic E-state index is 13.4. The third kappa shape index (κ3) is 3.92. The average Bonchev–Trinajstić information content (AvgIpc) is 3.06. The van der Waals surface area contributed by atoms with E-state index in [0.29, 0.717) is 21.3 Å². The first-order valence-corrected chi connectivity index (χ1v) is 10.9. The molecule has 3 amide bonds. The quantitative estimate of drug-likeness (QED) is 0.585. The summed E-state index contributed by atoms with van der Waals surface area (Å²) in [6.45, 7) is 1.61. The molecule has 8 heteroatoms. The van der Waals surface area contributed by atoms with Crippen LogP contribution >= 0.6 is 23.2 Å². The number of carbonyl (C=O) groups is 3. The first kappa shape index (κ1) is 22.1. The van der Waals surface area contributed by atoms with E-state index in [4.69, 9.17) is 23.2 Å². The van der Waals surface area contributed by atoms with E-state index in [1.807, 2.05) is 30.3 Å². The first-order chi connectivity index (χ1) is 15.3. The van der Waals surface area contributed by atoms with Gasteiger partial charge in [0.15, 0.2) is 0 Å². The average molecular weight is 470 g/mol. The monoisotopic (exact) mass is 469 g/mol. The van der Waals surface area contributed by atoms with Crippen LogP contribution in [0.2, 0.25) is 10.0 Å². The summed E-state index contributed by atoms with van der Waals surface area (Å²) in [5.74, 6) is -0.894. The number of hydrogen-bond acceptors (Lipinski definition) is 3. The normalized spacial score (nSPS) is 13.4. The summed E-state index contributed by atoms with van der Waals surface area (Å²) in [5.41, 5.74) is 1.99. The van der Waals surface area contributed by atoms with E-state index in [0.717, 1.165) is 16.3 Å². The Labute approximate surface area is 195 Å². The van der Waals surface area contributed by atoms with Crippen molar-refractivity contribution >= 4 is 57.4 Å². The van der Waals surface area contributed by atoms with Gasteiger partial charge in [-0.25, -0.2) is 0 Å². The lowest BCUT2D eigenvalue weighted by atomic mass is 10.1. The molecule has 6 nitrogen and oxygen atoms in total. The molecule has 1 atom stereocenters. The van der Waals surface area contributed by atoms with Gasteiger partial charge in [0.2, 0.25) is 11.8 Å². The topological polar surface area (TPSA) is 69.7 Å². The van der Waals surface area contributed by atoms with Crippen LogP contribution < -0.4 is 10.2 Å². The number of nitrogens with zero attached hydrogens (tertiary/aromatic N) is 2. The molecule has 0 spiro atoms. The van der Waals surface area contributed by atoms with Crippen LogP contribution in [0.1, 0.15) is 22.8 Å². The second-order valence-electron chi connectivity index (χ2n) is 7.63. The Morgan fingerprint density at radius 3 is 2.47 bits per heavy atom. The minimum Gasteiger partial charge on any atom is -0.357 e. The molecular formula is C24H21Cl2N3O3. The Hall–Kier alpha value is -3.09. The van der Waals surface area contributed by atoms with Crippen molar-refractivity contribution in [3.8, 4) is 0 Å². The van der Waals surface area contributed by atoms with Gasteiger partial charge in [-0.05, 0) is 42.1 Å². The fourth-order valence-electron chi connectivity index (χ4n) is 3.99. The van der Waals surface area contributed by atoms with Crippen molar-refractivity contribution in [2.45, 2.75) is 19.5 Å². The van der Waals surface area contributed by atoms with Crippen molar-refractivity contribution in [2.75, 3.05) is 18.5 Å². The van der Waals surface area contributed by atoms with E-state index in [9.17, 15) is 14.4 Å². The van der Waals surface area contributed by atoms with Crippen LogP contribution in [0.3, 0.4) is 0 Å². The van der Waals surface area contributed by atoms with E-state index in [1.165, 1.54) is 16.8 Å². The smallest absolute Gasteiger partial charge is 0.259 e. The van der Waals surface area contributed by atoms with Gasteiger partial charge in [-0.15, -0.1) is 0 Å². The minimum atomic E-state index is -0.752. The molecule has 1 N–H and O–H groups in total. The molecule has 3 aromatic carbocycles. The number of amides is 3. The molecule has 164 valence electrons. The number of rotatable bonds is 6. The van der Waals surface area contributed by atoms with Gasteiger partial charge in [0.25, 0.3) is 5.91 Å². The van der Waals surface area contributed by atoms with E-state index < -0.39 is 6.04 Å². The third-order valence-corrected chi connectivity index (χ3v) is 6.43. The SMILES string of the molecule is CNC(=O)[C@@H](C)N(Cc1ccc(Cl)c(Cl)c1)C(=O)CN1C(=O)c2cccc3cccc1c23. The van der Waals surface area contributed by atoms with Crippen molar-refractivity contribution in [1.29, 1.82) is 0 Å². The van der Waals surface area contributed by atoms with E-state index in [2.05, 4.69) is 5.32 Å². The van der Waals surface area contributed by atoms with E-state index in [1.54, 1.807) is 31.2 Å². The number of nitrogens with one attached hydrogen (secondary N) is 1. The molecule has 0 bridgehead atoms. The molecule has 1 heterocycles. The van der Waals surface area contributed by atoms with E-state index >= 15 is 0 Å². The third-order valence-electron chi connectivity index (χ3n) is 5.69. The maximum Gasteiger partial charge on any atom is 0.259 e. The highest BCUT2D eigenvalue weighted by molar-refractivity contribution is 6.42. The lowest BCUT2D eigenvalue weighted by molar-refractivity contribution is -0.139. The Morgan fingerprint density at radius 2 is 1.78 bits per heavy atom. The Morgan fingerprint density at radius 1 is 1.06 bits per heavy atom.